The number of carbonyl (C=O) groups excluding carboxylic acids is 2. The van der Waals surface area contributed by atoms with Crippen LogP contribution in [0.1, 0.15) is 29.4 Å². The Morgan fingerprint density at radius 1 is 1.37 bits per heavy atom. The smallest absolute Gasteiger partial charge is 0.262 e. The van der Waals surface area contributed by atoms with Crippen molar-refractivity contribution in [2.45, 2.75) is 25.8 Å². The van der Waals surface area contributed by atoms with Crippen molar-refractivity contribution in [3.8, 4) is 0 Å². The first-order valence-electron chi connectivity index (χ1n) is 6.03. The minimum absolute atomic E-state index is 0.000498. The Kier molecular flexibility index (Phi) is 5.03. The summed E-state index contributed by atoms with van der Waals surface area (Å²) in [5.41, 5.74) is 0. The van der Waals surface area contributed by atoms with E-state index in [1.807, 2.05) is 4.90 Å². The molecule has 0 bridgehead atoms. The van der Waals surface area contributed by atoms with Gasteiger partial charge in [-0.3, -0.25) is 9.59 Å². The zero-order chi connectivity index (χ0) is 14.0. The quantitative estimate of drug-likeness (QED) is 0.833. The van der Waals surface area contributed by atoms with Gasteiger partial charge in [-0.15, -0.1) is 11.3 Å². The Morgan fingerprint density at radius 2 is 2.00 bits per heavy atom. The number of amides is 2. The van der Waals surface area contributed by atoms with E-state index in [9.17, 15) is 9.59 Å². The molecule has 1 saturated heterocycles. The SMILES string of the molecule is CC(NC(=O)c1cc(Br)c(Br)s1)C(=O)N1CCCC1. The van der Waals surface area contributed by atoms with E-state index in [0.29, 0.717) is 4.88 Å². The van der Waals surface area contributed by atoms with Gasteiger partial charge in [0, 0.05) is 17.6 Å². The predicted octanol–water partition coefficient (Wildman–Crippen LogP) is 3.01. The molecular formula is C12H14Br2N2O2S. The monoisotopic (exact) mass is 408 g/mol. The van der Waals surface area contributed by atoms with E-state index in [-0.39, 0.29) is 11.8 Å². The molecule has 0 aliphatic carbocycles. The summed E-state index contributed by atoms with van der Waals surface area (Å²) in [5.74, 6) is -0.211. The summed E-state index contributed by atoms with van der Waals surface area (Å²) in [6.07, 6.45) is 2.11. The number of halogens is 2. The van der Waals surface area contributed by atoms with E-state index in [4.69, 9.17) is 0 Å². The van der Waals surface area contributed by atoms with Crippen LogP contribution in [-0.2, 0) is 4.79 Å². The summed E-state index contributed by atoms with van der Waals surface area (Å²) in [5, 5.41) is 2.75. The molecule has 1 aliphatic rings. The molecule has 1 N–H and O–H groups in total. The first kappa shape index (κ1) is 15.0. The number of thiophene rings is 1. The minimum Gasteiger partial charge on any atom is -0.341 e. The van der Waals surface area contributed by atoms with E-state index in [2.05, 4.69) is 37.2 Å². The van der Waals surface area contributed by atoms with Crippen LogP contribution in [0.4, 0.5) is 0 Å². The van der Waals surface area contributed by atoms with Crippen LogP contribution in [0.5, 0.6) is 0 Å². The van der Waals surface area contributed by atoms with Crippen molar-refractivity contribution in [3.63, 3.8) is 0 Å². The van der Waals surface area contributed by atoms with Gasteiger partial charge in [-0.05, 0) is 57.7 Å². The fourth-order valence-corrected chi connectivity index (χ4v) is 3.94. The molecule has 0 spiro atoms. The van der Waals surface area contributed by atoms with Crippen LogP contribution < -0.4 is 5.32 Å². The Balaban J connectivity index is 1.96. The number of likely N-dealkylation sites (tertiary alicyclic amines) is 1. The van der Waals surface area contributed by atoms with Crippen molar-refractivity contribution in [2.75, 3.05) is 13.1 Å². The van der Waals surface area contributed by atoms with Gasteiger partial charge in [-0.2, -0.15) is 0 Å². The molecule has 1 fully saturated rings. The second-order valence-corrected chi connectivity index (χ2v) is 7.68. The van der Waals surface area contributed by atoms with Crippen LogP contribution in [-0.4, -0.2) is 35.8 Å². The standard InChI is InChI=1S/C12H14Br2N2O2S/c1-7(12(18)16-4-2-3-5-16)15-11(17)9-6-8(13)10(14)19-9/h6-7H,2-5H2,1H3,(H,15,17). The van der Waals surface area contributed by atoms with Gasteiger partial charge in [0.2, 0.25) is 5.91 Å². The number of nitrogens with one attached hydrogen (secondary N) is 1. The zero-order valence-corrected chi connectivity index (χ0v) is 14.4. The van der Waals surface area contributed by atoms with Crippen LogP contribution in [0.3, 0.4) is 0 Å². The van der Waals surface area contributed by atoms with Crippen molar-refractivity contribution in [1.29, 1.82) is 0 Å². The third kappa shape index (κ3) is 3.58. The van der Waals surface area contributed by atoms with Gasteiger partial charge in [-0.25, -0.2) is 0 Å². The van der Waals surface area contributed by atoms with Crippen LogP contribution in [0.25, 0.3) is 0 Å². The molecule has 19 heavy (non-hydrogen) atoms. The summed E-state index contributed by atoms with van der Waals surface area (Å²) in [6, 6.07) is 1.27. The fraction of sp³-hybridized carbons (Fsp3) is 0.500. The Hall–Kier alpha value is -0.400. The molecule has 1 unspecified atom stereocenters. The average Bonchev–Trinajstić information content (AvgIpc) is 2.99. The first-order chi connectivity index (χ1) is 8.99. The van der Waals surface area contributed by atoms with Crippen molar-refractivity contribution < 1.29 is 9.59 Å². The predicted molar refractivity (Wildman–Crippen MR) is 82.5 cm³/mol. The molecule has 2 heterocycles. The maximum Gasteiger partial charge on any atom is 0.262 e. The van der Waals surface area contributed by atoms with E-state index < -0.39 is 6.04 Å². The largest absolute Gasteiger partial charge is 0.341 e. The molecule has 0 aromatic carbocycles. The number of carbonyl (C=O) groups is 2. The molecule has 0 radical (unpaired) electrons. The van der Waals surface area contributed by atoms with Crippen LogP contribution in [0.15, 0.2) is 14.3 Å². The summed E-state index contributed by atoms with van der Waals surface area (Å²) in [7, 11) is 0. The van der Waals surface area contributed by atoms with Crippen molar-refractivity contribution in [1.82, 2.24) is 10.2 Å². The molecule has 104 valence electrons. The second-order valence-electron chi connectivity index (χ2n) is 4.46. The highest BCUT2D eigenvalue weighted by Gasteiger charge is 2.25. The lowest BCUT2D eigenvalue weighted by atomic mass is 10.3. The van der Waals surface area contributed by atoms with Gasteiger partial charge in [0.1, 0.15) is 6.04 Å². The second kappa shape index (κ2) is 6.37. The molecule has 2 rings (SSSR count). The van der Waals surface area contributed by atoms with Gasteiger partial charge in [0.25, 0.3) is 5.91 Å². The highest BCUT2D eigenvalue weighted by Crippen LogP contribution is 2.32. The normalized spacial score (nSPS) is 16.5. The summed E-state index contributed by atoms with van der Waals surface area (Å²) >= 11 is 8.03. The third-order valence-corrected chi connectivity index (χ3v) is 6.26. The first-order valence-corrected chi connectivity index (χ1v) is 8.44. The van der Waals surface area contributed by atoms with Crippen molar-refractivity contribution in [3.05, 3.63) is 19.2 Å². The third-order valence-electron chi connectivity index (χ3n) is 3.00. The topological polar surface area (TPSA) is 49.4 Å². The number of nitrogens with zero attached hydrogens (tertiary/aromatic N) is 1. The highest BCUT2D eigenvalue weighted by atomic mass is 79.9. The number of hydrogen-bond donors (Lipinski definition) is 1. The summed E-state index contributed by atoms with van der Waals surface area (Å²) in [4.78, 5) is 26.5. The molecule has 1 atom stereocenters. The van der Waals surface area contributed by atoms with Gasteiger partial charge in [-0.1, -0.05) is 0 Å². The van der Waals surface area contributed by atoms with Crippen LogP contribution in [0.2, 0.25) is 0 Å². The number of hydrogen-bond acceptors (Lipinski definition) is 3. The summed E-state index contributed by atoms with van der Waals surface area (Å²) < 4.78 is 1.72. The van der Waals surface area contributed by atoms with E-state index in [0.717, 1.165) is 34.2 Å². The molecule has 1 aliphatic heterocycles. The van der Waals surface area contributed by atoms with E-state index >= 15 is 0 Å². The molecule has 7 heteroatoms. The zero-order valence-electron chi connectivity index (χ0n) is 10.4. The van der Waals surface area contributed by atoms with Crippen molar-refractivity contribution in [2.24, 2.45) is 0 Å². The molecule has 1 aromatic rings. The maximum atomic E-state index is 12.1. The van der Waals surface area contributed by atoms with Gasteiger partial charge >= 0.3 is 0 Å². The van der Waals surface area contributed by atoms with E-state index in [1.165, 1.54) is 11.3 Å². The number of rotatable bonds is 3. The lowest BCUT2D eigenvalue weighted by Crippen LogP contribution is -2.45. The van der Waals surface area contributed by atoms with Gasteiger partial charge in [0.15, 0.2) is 0 Å². The molecule has 2 amide bonds. The van der Waals surface area contributed by atoms with Gasteiger partial charge < -0.3 is 10.2 Å². The fourth-order valence-electron chi connectivity index (χ4n) is 2.00. The summed E-state index contributed by atoms with van der Waals surface area (Å²) in [6.45, 7) is 3.33. The van der Waals surface area contributed by atoms with E-state index in [1.54, 1.807) is 13.0 Å². The Bertz CT molecular complexity index is 478. The molecule has 1 aromatic heterocycles. The Labute approximate surface area is 132 Å². The lowest BCUT2D eigenvalue weighted by molar-refractivity contribution is -0.131. The van der Waals surface area contributed by atoms with Crippen LogP contribution in [0, 0.1) is 0 Å². The van der Waals surface area contributed by atoms with Crippen LogP contribution >= 0.6 is 43.2 Å². The molecule has 0 saturated carbocycles. The molecule has 4 nitrogen and oxygen atoms in total. The Morgan fingerprint density at radius 3 is 2.53 bits per heavy atom. The lowest BCUT2D eigenvalue weighted by Gasteiger charge is -2.20. The van der Waals surface area contributed by atoms with Gasteiger partial charge in [0.05, 0.1) is 8.66 Å². The maximum absolute atomic E-state index is 12.1. The molecular weight excluding hydrogens is 396 g/mol. The minimum atomic E-state index is -0.481. The highest BCUT2D eigenvalue weighted by molar-refractivity contribution is 9.13. The van der Waals surface area contributed by atoms with Crippen molar-refractivity contribution >= 4 is 55.0 Å². The average molecular weight is 410 g/mol.